The molecule has 5 rings (SSSR count). The molecule has 2 aliphatic heterocycles. The standard InChI is InChI=1S/C32H46N2O6/c1-23(35)19-39-30-17-33-18-31(32(30)27-9-6-25(7-10-27)21-37-20-24-4-5-24)40-22-26-8-11-29-28(16-26)34(13-15-38-29)12-3-14-36-2/h6-11,16,23-24,30-33,35H,3-5,12-15,17-22H2,1-2H3/t23?,30-,31+,32+/m1/s1. The number of rotatable bonds is 15. The van der Waals surface area contributed by atoms with E-state index in [0.29, 0.717) is 26.4 Å². The highest BCUT2D eigenvalue weighted by Crippen LogP contribution is 2.35. The van der Waals surface area contributed by atoms with E-state index in [4.69, 9.17) is 23.7 Å². The van der Waals surface area contributed by atoms with Crippen molar-refractivity contribution < 1.29 is 28.8 Å². The van der Waals surface area contributed by atoms with E-state index in [-0.39, 0.29) is 18.1 Å². The molecule has 2 heterocycles. The van der Waals surface area contributed by atoms with Crippen LogP contribution in [0.5, 0.6) is 5.75 Å². The van der Waals surface area contributed by atoms with Crippen molar-refractivity contribution in [3.8, 4) is 5.75 Å². The summed E-state index contributed by atoms with van der Waals surface area (Å²) in [6, 6.07) is 15.1. The summed E-state index contributed by atoms with van der Waals surface area (Å²) in [7, 11) is 1.74. The Morgan fingerprint density at radius 1 is 1.02 bits per heavy atom. The molecule has 0 aromatic heterocycles. The second kappa shape index (κ2) is 14.6. The third kappa shape index (κ3) is 8.18. The van der Waals surface area contributed by atoms with Crippen molar-refractivity contribution in [2.24, 2.45) is 5.92 Å². The number of hydrogen-bond acceptors (Lipinski definition) is 8. The Bertz CT molecular complexity index is 1040. The van der Waals surface area contributed by atoms with Crippen LogP contribution in [0.3, 0.4) is 0 Å². The predicted octanol–water partition coefficient (Wildman–Crippen LogP) is 3.89. The minimum Gasteiger partial charge on any atom is -0.490 e. The SMILES string of the molecule is COCCCN1CCOc2ccc(CO[C@H]3CNC[C@@H](OCC(C)O)[C@@H]3c3ccc(COCC4CC4)cc3)cc21. The van der Waals surface area contributed by atoms with Gasteiger partial charge in [-0.05, 0) is 60.9 Å². The lowest BCUT2D eigenvalue weighted by molar-refractivity contribution is -0.0752. The normalized spacial score (nSPS) is 23.5. The number of aliphatic hydroxyl groups is 1. The van der Waals surface area contributed by atoms with Gasteiger partial charge in [0.1, 0.15) is 12.4 Å². The average molecular weight is 555 g/mol. The van der Waals surface area contributed by atoms with Crippen LogP contribution in [0.25, 0.3) is 0 Å². The van der Waals surface area contributed by atoms with Crippen molar-refractivity contribution in [2.45, 2.75) is 63.6 Å². The first-order valence-electron chi connectivity index (χ1n) is 14.9. The van der Waals surface area contributed by atoms with Gasteiger partial charge in [0.15, 0.2) is 0 Å². The summed E-state index contributed by atoms with van der Waals surface area (Å²) in [6.45, 7) is 8.78. The lowest BCUT2D eigenvalue weighted by Gasteiger charge is -2.39. The summed E-state index contributed by atoms with van der Waals surface area (Å²) < 4.78 is 29.9. The molecule has 2 aromatic carbocycles. The van der Waals surface area contributed by atoms with Crippen LogP contribution in [0, 0.1) is 5.92 Å². The van der Waals surface area contributed by atoms with Gasteiger partial charge in [-0.2, -0.15) is 0 Å². The number of anilines is 1. The van der Waals surface area contributed by atoms with Crippen molar-refractivity contribution in [2.75, 3.05) is 64.6 Å². The number of fused-ring (bicyclic) bond motifs is 1. The number of methoxy groups -OCH3 is 1. The van der Waals surface area contributed by atoms with E-state index in [1.807, 2.05) is 0 Å². The fourth-order valence-electron chi connectivity index (χ4n) is 5.59. The first-order valence-corrected chi connectivity index (χ1v) is 14.9. The van der Waals surface area contributed by atoms with Crippen LogP contribution in [-0.2, 0) is 32.2 Å². The summed E-state index contributed by atoms with van der Waals surface area (Å²) in [4.78, 5) is 2.38. The molecule has 40 heavy (non-hydrogen) atoms. The van der Waals surface area contributed by atoms with Gasteiger partial charge in [0, 0.05) is 45.9 Å². The summed E-state index contributed by atoms with van der Waals surface area (Å²) in [5, 5.41) is 13.4. The zero-order valence-corrected chi connectivity index (χ0v) is 24.1. The monoisotopic (exact) mass is 554 g/mol. The van der Waals surface area contributed by atoms with Gasteiger partial charge in [-0.15, -0.1) is 0 Å². The summed E-state index contributed by atoms with van der Waals surface area (Å²) in [5.41, 5.74) is 4.62. The molecule has 2 aromatic rings. The molecule has 3 aliphatic rings. The zero-order chi connectivity index (χ0) is 27.7. The van der Waals surface area contributed by atoms with E-state index in [0.717, 1.165) is 68.7 Å². The van der Waals surface area contributed by atoms with E-state index < -0.39 is 6.10 Å². The van der Waals surface area contributed by atoms with Crippen molar-refractivity contribution >= 4 is 5.69 Å². The minimum atomic E-state index is -0.516. The van der Waals surface area contributed by atoms with Gasteiger partial charge in [-0.1, -0.05) is 30.3 Å². The lowest BCUT2D eigenvalue weighted by Crippen LogP contribution is -2.51. The molecule has 1 saturated heterocycles. The average Bonchev–Trinajstić information content (AvgIpc) is 3.80. The van der Waals surface area contributed by atoms with Gasteiger partial charge in [-0.25, -0.2) is 0 Å². The van der Waals surface area contributed by atoms with Gasteiger partial charge in [0.25, 0.3) is 0 Å². The van der Waals surface area contributed by atoms with Crippen LogP contribution >= 0.6 is 0 Å². The number of hydrogen-bond donors (Lipinski definition) is 2. The van der Waals surface area contributed by atoms with Crippen molar-refractivity contribution in [1.29, 1.82) is 0 Å². The molecule has 4 atom stereocenters. The van der Waals surface area contributed by atoms with E-state index in [1.165, 1.54) is 24.0 Å². The number of nitrogens with zero attached hydrogens (tertiary/aromatic N) is 1. The van der Waals surface area contributed by atoms with Gasteiger partial charge in [-0.3, -0.25) is 0 Å². The van der Waals surface area contributed by atoms with Gasteiger partial charge in [0.05, 0.1) is 50.4 Å². The van der Waals surface area contributed by atoms with Crippen LogP contribution in [-0.4, -0.2) is 83.1 Å². The van der Waals surface area contributed by atoms with Crippen LogP contribution in [0.2, 0.25) is 0 Å². The Labute approximate surface area is 238 Å². The Balaban J connectivity index is 1.26. The van der Waals surface area contributed by atoms with Crippen molar-refractivity contribution in [3.05, 3.63) is 59.2 Å². The Hall–Kier alpha value is -2.20. The molecule has 0 spiro atoms. The summed E-state index contributed by atoms with van der Waals surface area (Å²) >= 11 is 0. The molecule has 1 aliphatic carbocycles. The third-order valence-electron chi connectivity index (χ3n) is 7.95. The minimum absolute atomic E-state index is 0.0490. The van der Waals surface area contributed by atoms with Crippen LogP contribution in [0.4, 0.5) is 5.69 Å². The van der Waals surface area contributed by atoms with Crippen molar-refractivity contribution in [3.63, 3.8) is 0 Å². The highest BCUT2D eigenvalue weighted by molar-refractivity contribution is 5.61. The number of piperidine rings is 1. The van der Waals surface area contributed by atoms with Gasteiger partial charge >= 0.3 is 0 Å². The highest BCUT2D eigenvalue weighted by Gasteiger charge is 2.36. The largest absolute Gasteiger partial charge is 0.490 e. The molecule has 220 valence electrons. The first kappa shape index (κ1) is 29.3. The molecular formula is C32H46N2O6. The number of ether oxygens (including phenoxy) is 5. The van der Waals surface area contributed by atoms with E-state index >= 15 is 0 Å². The summed E-state index contributed by atoms with van der Waals surface area (Å²) in [5.74, 6) is 1.74. The molecule has 0 amide bonds. The molecular weight excluding hydrogens is 508 g/mol. The van der Waals surface area contributed by atoms with E-state index in [1.54, 1.807) is 14.0 Å². The quantitative estimate of drug-likeness (QED) is 0.321. The van der Waals surface area contributed by atoms with Crippen LogP contribution in [0.1, 0.15) is 48.8 Å². The van der Waals surface area contributed by atoms with Crippen LogP contribution < -0.4 is 15.0 Å². The van der Waals surface area contributed by atoms with Gasteiger partial charge in [0.2, 0.25) is 0 Å². The number of benzene rings is 2. The number of aliphatic hydroxyl groups excluding tert-OH is 1. The molecule has 0 bridgehead atoms. The van der Waals surface area contributed by atoms with E-state index in [9.17, 15) is 5.11 Å². The first-order chi connectivity index (χ1) is 19.6. The molecule has 8 heteroatoms. The Morgan fingerprint density at radius 2 is 1.80 bits per heavy atom. The molecule has 1 unspecified atom stereocenters. The molecule has 8 nitrogen and oxygen atoms in total. The van der Waals surface area contributed by atoms with Crippen LogP contribution in [0.15, 0.2) is 42.5 Å². The highest BCUT2D eigenvalue weighted by atomic mass is 16.5. The third-order valence-corrected chi connectivity index (χ3v) is 7.95. The second-order valence-corrected chi connectivity index (χ2v) is 11.4. The molecule has 1 saturated carbocycles. The number of nitrogens with one attached hydrogen (secondary N) is 1. The van der Waals surface area contributed by atoms with Crippen molar-refractivity contribution in [1.82, 2.24) is 5.32 Å². The fourth-order valence-corrected chi connectivity index (χ4v) is 5.59. The maximum atomic E-state index is 9.89. The molecule has 2 fully saturated rings. The summed E-state index contributed by atoms with van der Waals surface area (Å²) in [6.07, 6.45) is 2.89. The lowest BCUT2D eigenvalue weighted by atomic mass is 9.85. The Morgan fingerprint density at radius 3 is 2.55 bits per heavy atom. The van der Waals surface area contributed by atoms with Gasteiger partial charge < -0.3 is 39.0 Å². The second-order valence-electron chi connectivity index (χ2n) is 11.4. The topological polar surface area (TPSA) is 81.7 Å². The molecule has 2 N–H and O–H groups in total. The predicted molar refractivity (Wildman–Crippen MR) is 155 cm³/mol. The fraction of sp³-hybridized carbons (Fsp3) is 0.625. The smallest absolute Gasteiger partial charge is 0.142 e. The maximum Gasteiger partial charge on any atom is 0.142 e. The Kier molecular flexibility index (Phi) is 10.7. The van der Waals surface area contributed by atoms with E-state index in [2.05, 4.69) is 52.7 Å². The zero-order valence-electron chi connectivity index (χ0n) is 24.1. The maximum absolute atomic E-state index is 9.89. The molecule has 0 radical (unpaired) electrons.